The van der Waals surface area contributed by atoms with Gasteiger partial charge in [-0.1, -0.05) is 102 Å². The van der Waals surface area contributed by atoms with Gasteiger partial charge in [-0.25, -0.2) is 0 Å². The van der Waals surface area contributed by atoms with Crippen molar-refractivity contribution in [2.75, 3.05) is 0 Å². The van der Waals surface area contributed by atoms with Gasteiger partial charge >= 0.3 is 0 Å². The van der Waals surface area contributed by atoms with Crippen LogP contribution in [0.15, 0.2) is 30.3 Å². The predicted octanol–water partition coefficient (Wildman–Crippen LogP) is 2.70. The third-order valence-corrected chi connectivity index (χ3v) is 7.87. The van der Waals surface area contributed by atoms with Crippen LogP contribution in [0.4, 0.5) is 0 Å². The number of nitrogens with one attached hydrogen (secondary N) is 3. The molecule has 1 fully saturated rings. The molecule has 7 N–H and O–H groups in total. The molecule has 0 radical (unpaired) electrons. The molecule has 0 aromatic heterocycles. The predicted molar refractivity (Wildman–Crippen MR) is 153 cm³/mol. The zero-order valence-corrected chi connectivity index (χ0v) is 23.9. The molecule has 218 valence electrons. The fourth-order valence-corrected chi connectivity index (χ4v) is 5.11. The summed E-state index contributed by atoms with van der Waals surface area (Å²) in [6.07, 6.45) is 9.09. The quantitative estimate of drug-likeness (QED) is 0.217. The minimum Gasteiger partial charge on any atom is -0.368 e. The van der Waals surface area contributed by atoms with Gasteiger partial charge in [0.25, 0.3) is 0 Å². The maximum Gasteiger partial charge on any atom is 0.243 e. The van der Waals surface area contributed by atoms with Crippen molar-refractivity contribution < 1.29 is 19.2 Å². The van der Waals surface area contributed by atoms with Crippen LogP contribution >= 0.6 is 0 Å². The monoisotopic (exact) mass is 543 g/mol. The van der Waals surface area contributed by atoms with Gasteiger partial charge in [-0.15, -0.1) is 0 Å². The Bertz CT molecular complexity index is 919. The van der Waals surface area contributed by atoms with Gasteiger partial charge in [-0.2, -0.15) is 0 Å². The van der Waals surface area contributed by atoms with E-state index in [9.17, 15) is 19.2 Å². The molecular formula is C30H49N5O4. The zero-order chi connectivity index (χ0) is 28.8. The highest BCUT2D eigenvalue weighted by Gasteiger charge is 2.33. The van der Waals surface area contributed by atoms with Gasteiger partial charge in [0, 0.05) is 6.42 Å². The molecule has 0 heterocycles. The lowest BCUT2D eigenvalue weighted by atomic mass is 9.84. The van der Waals surface area contributed by atoms with E-state index in [1.54, 1.807) is 0 Å². The van der Waals surface area contributed by atoms with Crippen molar-refractivity contribution in [2.24, 2.45) is 23.3 Å². The summed E-state index contributed by atoms with van der Waals surface area (Å²) in [5.41, 5.74) is 12.6. The Morgan fingerprint density at radius 1 is 0.897 bits per heavy atom. The first-order valence-corrected chi connectivity index (χ1v) is 14.7. The Morgan fingerprint density at radius 2 is 1.54 bits per heavy atom. The van der Waals surface area contributed by atoms with Gasteiger partial charge in [0.05, 0.1) is 6.04 Å². The van der Waals surface area contributed by atoms with Crippen molar-refractivity contribution in [1.82, 2.24) is 16.0 Å². The van der Waals surface area contributed by atoms with E-state index in [4.69, 9.17) is 11.5 Å². The fourth-order valence-electron chi connectivity index (χ4n) is 5.11. The Hall–Kier alpha value is -2.94. The van der Waals surface area contributed by atoms with Crippen LogP contribution in [0, 0.1) is 11.8 Å². The van der Waals surface area contributed by atoms with E-state index in [1.807, 2.05) is 51.1 Å². The van der Waals surface area contributed by atoms with Gasteiger partial charge < -0.3 is 27.4 Å². The van der Waals surface area contributed by atoms with Crippen LogP contribution in [0.25, 0.3) is 0 Å². The molecule has 1 aliphatic rings. The highest BCUT2D eigenvalue weighted by Crippen LogP contribution is 2.27. The molecular weight excluding hydrogens is 494 g/mol. The number of rotatable bonds is 16. The minimum absolute atomic E-state index is 0.211. The number of unbranched alkanes of at least 4 members (excludes halogenated alkanes) is 1. The van der Waals surface area contributed by atoms with Gasteiger partial charge in [0.1, 0.15) is 18.1 Å². The van der Waals surface area contributed by atoms with E-state index >= 15 is 0 Å². The highest BCUT2D eigenvalue weighted by atomic mass is 16.2. The summed E-state index contributed by atoms with van der Waals surface area (Å²) in [5, 5.41) is 8.49. The summed E-state index contributed by atoms with van der Waals surface area (Å²) in [6.45, 7) is 5.82. The van der Waals surface area contributed by atoms with Crippen LogP contribution in [-0.2, 0) is 25.6 Å². The molecule has 1 saturated carbocycles. The number of benzene rings is 1. The lowest BCUT2D eigenvalue weighted by molar-refractivity contribution is -0.134. The summed E-state index contributed by atoms with van der Waals surface area (Å²) >= 11 is 0. The van der Waals surface area contributed by atoms with Crippen molar-refractivity contribution in [3.8, 4) is 0 Å². The number of amides is 4. The molecule has 9 nitrogen and oxygen atoms in total. The van der Waals surface area contributed by atoms with Crippen molar-refractivity contribution in [3.63, 3.8) is 0 Å². The lowest BCUT2D eigenvalue weighted by Gasteiger charge is -2.30. The summed E-state index contributed by atoms with van der Waals surface area (Å²) in [6, 6.07) is 6.05. The number of primary amides is 1. The van der Waals surface area contributed by atoms with E-state index in [2.05, 4.69) is 16.0 Å². The largest absolute Gasteiger partial charge is 0.368 e. The van der Waals surface area contributed by atoms with E-state index in [0.717, 1.165) is 44.1 Å². The maximum absolute atomic E-state index is 13.6. The number of hydrogen-bond acceptors (Lipinski definition) is 5. The molecule has 0 spiro atoms. The molecule has 2 rings (SSSR count). The van der Waals surface area contributed by atoms with Gasteiger partial charge in [-0.05, 0) is 30.2 Å². The molecule has 9 heteroatoms. The van der Waals surface area contributed by atoms with Crippen molar-refractivity contribution >= 4 is 23.6 Å². The third kappa shape index (κ3) is 11.0. The topological polar surface area (TPSA) is 156 Å². The molecule has 4 amide bonds. The zero-order valence-electron chi connectivity index (χ0n) is 23.9. The number of hydrogen-bond donors (Lipinski definition) is 5. The molecule has 1 aliphatic carbocycles. The van der Waals surface area contributed by atoms with Gasteiger partial charge in [-0.3, -0.25) is 19.2 Å². The normalized spacial score (nSPS) is 17.7. The SMILES string of the molecule is CCCC[C@H](N)C(=O)N[C@@H](Cc1ccccc1)C(=O)N[C@@H](C(=O)N[C@@H](CC1CCCCC1)C(N)=O)[C@@H](C)CC. The average molecular weight is 544 g/mol. The van der Waals surface area contributed by atoms with Crippen LogP contribution in [-0.4, -0.2) is 47.8 Å². The summed E-state index contributed by atoms with van der Waals surface area (Å²) in [4.78, 5) is 52.0. The van der Waals surface area contributed by atoms with Gasteiger partial charge in [0.2, 0.25) is 23.6 Å². The summed E-state index contributed by atoms with van der Waals surface area (Å²) in [5.74, 6) is -1.75. The number of carbonyl (C=O) groups is 4. The number of nitrogens with two attached hydrogens (primary N) is 2. The average Bonchev–Trinajstić information content (AvgIpc) is 2.94. The molecule has 0 bridgehead atoms. The van der Waals surface area contributed by atoms with Crippen molar-refractivity contribution in [2.45, 2.75) is 116 Å². The third-order valence-electron chi connectivity index (χ3n) is 7.87. The summed E-state index contributed by atoms with van der Waals surface area (Å²) < 4.78 is 0. The second kappa shape index (κ2) is 16.9. The first-order chi connectivity index (χ1) is 18.7. The van der Waals surface area contributed by atoms with E-state index < -0.39 is 47.8 Å². The maximum atomic E-state index is 13.6. The van der Waals surface area contributed by atoms with E-state index in [-0.39, 0.29) is 12.3 Å². The van der Waals surface area contributed by atoms with E-state index in [1.165, 1.54) is 6.42 Å². The minimum atomic E-state index is -0.916. The van der Waals surface area contributed by atoms with Crippen LogP contribution in [0.3, 0.4) is 0 Å². The van der Waals surface area contributed by atoms with Crippen LogP contribution in [0.5, 0.6) is 0 Å². The lowest BCUT2D eigenvalue weighted by Crippen LogP contribution is -2.59. The molecule has 5 atom stereocenters. The Morgan fingerprint density at radius 3 is 2.13 bits per heavy atom. The van der Waals surface area contributed by atoms with Crippen molar-refractivity contribution in [3.05, 3.63) is 35.9 Å². The molecule has 0 aliphatic heterocycles. The second-order valence-electron chi connectivity index (χ2n) is 11.1. The molecule has 39 heavy (non-hydrogen) atoms. The molecule has 0 unspecified atom stereocenters. The smallest absolute Gasteiger partial charge is 0.243 e. The van der Waals surface area contributed by atoms with Crippen LogP contribution in [0.1, 0.15) is 90.5 Å². The highest BCUT2D eigenvalue weighted by molar-refractivity contribution is 5.94. The van der Waals surface area contributed by atoms with Crippen LogP contribution in [0.2, 0.25) is 0 Å². The summed E-state index contributed by atoms with van der Waals surface area (Å²) in [7, 11) is 0. The molecule has 1 aromatic carbocycles. The van der Waals surface area contributed by atoms with Crippen LogP contribution < -0.4 is 27.4 Å². The first-order valence-electron chi connectivity index (χ1n) is 14.7. The second-order valence-corrected chi connectivity index (χ2v) is 11.1. The van der Waals surface area contributed by atoms with E-state index in [0.29, 0.717) is 25.2 Å². The molecule has 1 aromatic rings. The first kappa shape index (κ1) is 32.3. The van der Waals surface area contributed by atoms with Crippen molar-refractivity contribution in [1.29, 1.82) is 0 Å². The Kier molecular flexibility index (Phi) is 14.0. The Labute approximate surface area is 233 Å². The Balaban J connectivity index is 2.17. The standard InChI is InChI=1S/C30H49N5O4/c1-4-6-17-23(31)28(37)34-25(19-22-15-11-8-12-16-22)29(38)35-26(20(3)5-2)30(39)33-24(27(32)36)18-21-13-9-7-10-14-21/h8,11-12,15-16,20-21,23-26H,4-7,9-10,13-14,17-19,31H2,1-3H3,(H2,32,36)(H,33,39)(H,34,37)(H,35,38)/t20-,23-,24-,25-,26+/m0/s1. The van der Waals surface area contributed by atoms with Gasteiger partial charge in [0.15, 0.2) is 0 Å². The molecule has 0 saturated heterocycles. The fraction of sp³-hybridized carbons (Fsp3) is 0.667. The number of carbonyl (C=O) groups excluding carboxylic acids is 4.